The first-order chi connectivity index (χ1) is 7.59. The van der Waals surface area contributed by atoms with Crippen LogP contribution >= 0.6 is 0 Å². The highest BCUT2D eigenvalue weighted by atomic mass is 16.3. The number of hydrogen-bond donors (Lipinski definition) is 1. The highest BCUT2D eigenvalue weighted by Gasteiger charge is 2.34. The Morgan fingerprint density at radius 2 is 2.44 bits per heavy atom. The lowest BCUT2D eigenvalue weighted by molar-refractivity contribution is -0.0353. The summed E-state index contributed by atoms with van der Waals surface area (Å²) in [5.74, 6) is 0. The van der Waals surface area contributed by atoms with Crippen LogP contribution in [0, 0.1) is 0 Å². The Bertz CT molecular complexity index is 341. The summed E-state index contributed by atoms with van der Waals surface area (Å²) in [6, 6.07) is 4.42. The molecular formula is C13H20N2O. The Morgan fingerprint density at radius 3 is 3.06 bits per heavy atom. The van der Waals surface area contributed by atoms with Gasteiger partial charge in [0, 0.05) is 31.4 Å². The van der Waals surface area contributed by atoms with E-state index < -0.39 is 5.60 Å². The number of hydrogen-bond acceptors (Lipinski definition) is 3. The predicted molar refractivity (Wildman–Crippen MR) is 64.2 cm³/mol. The maximum Gasteiger partial charge on any atom is 0.0715 e. The second-order valence-electron chi connectivity index (χ2n) is 5.05. The largest absolute Gasteiger partial charge is 0.389 e. The van der Waals surface area contributed by atoms with Gasteiger partial charge in [0.25, 0.3) is 0 Å². The normalized spacial score (nSPS) is 31.6. The van der Waals surface area contributed by atoms with Crippen LogP contribution in [0.3, 0.4) is 0 Å². The first-order valence-electron chi connectivity index (χ1n) is 5.91. The Morgan fingerprint density at radius 1 is 1.62 bits per heavy atom. The molecule has 2 heterocycles. The van der Waals surface area contributed by atoms with Crippen LogP contribution in [0.4, 0.5) is 0 Å². The Balaban J connectivity index is 2.04. The molecule has 1 fully saturated rings. The molecule has 0 aromatic carbocycles. The molecule has 0 aliphatic carbocycles. The summed E-state index contributed by atoms with van der Waals surface area (Å²) in [4.78, 5) is 6.40. The molecule has 1 aromatic heterocycles. The summed E-state index contributed by atoms with van der Waals surface area (Å²) in [7, 11) is 2.12. The first-order valence-corrected chi connectivity index (χ1v) is 5.91. The Kier molecular flexibility index (Phi) is 3.26. The number of pyridine rings is 1. The van der Waals surface area contributed by atoms with Gasteiger partial charge in [-0.2, -0.15) is 0 Å². The molecule has 2 rings (SSSR count). The monoisotopic (exact) mass is 220 g/mol. The van der Waals surface area contributed by atoms with Gasteiger partial charge in [0.2, 0.25) is 0 Å². The molecule has 1 aliphatic heterocycles. The number of piperidine rings is 1. The second kappa shape index (κ2) is 4.52. The third-order valence-electron chi connectivity index (χ3n) is 3.61. The molecule has 1 aromatic rings. The topological polar surface area (TPSA) is 36.4 Å². The zero-order chi connectivity index (χ0) is 11.6. The fourth-order valence-electron chi connectivity index (χ4n) is 2.46. The minimum atomic E-state index is -0.547. The van der Waals surface area contributed by atoms with Crippen molar-refractivity contribution in [3.63, 3.8) is 0 Å². The molecule has 0 saturated carbocycles. The standard InChI is InChI=1S/C13H20N2O/c1-11-8-13(16,5-7-15(11)2)9-12-4-3-6-14-10-12/h3-4,6,10-11,16H,5,7-9H2,1-2H3. The van der Waals surface area contributed by atoms with Gasteiger partial charge in [-0.25, -0.2) is 0 Å². The molecular weight excluding hydrogens is 200 g/mol. The lowest BCUT2D eigenvalue weighted by Gasteiger charge is -2.41. The molecule has 88 valence electrons. The molecule has 0 radical (unpaired) electrons. The van der Waals surface area contributed by atoms with Gasteiger partial charge in [0.05, 0.1) is 5.60 Å². The fraction of sp³-hybridized carbons (Fsp3) is 0.615. The molecule has 0 bridgehead atoms. The van der Waals surface area contributed by atoms with Crippen molar-refractivity contribution in [2.45, 2.75) is 37.8 Å². The van der Waals surface area contributed by atoms with Crippen LogP contribution in [0.15, 0.2) is 24.5 Å². The summed E-state index contributed by atoms with van der Waals surface area (Å²) in [5, 5.41) is 10.6. The number of nitrogens with zero attached hydrogens (tertiary/aromatic N) is 2. The van der Waals surface area contributed by atoms with E-state index in [-0.39, 0.29) is 0 Å². The maximum atomic E-state index is 10.6. The Labute approximate surface area is 97.1 Å². The van der Waals surface area contributed by atoms with Gasteiger partial charge in [0.1, 0.15) is 0 Å². The SMILES string of the molecule is CC1CC(O)(Cc2cccnc2)CCN1C. The van der Waals surface area contributed by atoms with Gasteiger partial charge in [-0.3, -0.25) is 4.98 Å². The molecule has 3 nitrogen and oxygen atoms in total. The van der Waals surface area contributed by atoms with Crippen molar-refractivity contribution < 1.29 is 5.11 Å². The number of rotatable bonds is 2. The quantitative estimate of drug-likeness (QED) is 0.820. The van der Waals surface area contributed by atoms with E-state index in [2.05, 4.69) is 23.9 Å². The lowest BCUT2D eigenvalue weighted by Crippen LogP contribution is -2.48. The summed E-state index contributed by atoms with van der Waals surface area (Å²) in [5.41, 5.74) is 0.580. The lowest BCUT2D eigenvalue weighted by atomic mass is 9.83. The molecule has 1 N–H and O–H groups in total. The molecule has 2 unspecified atom stereocenters. The van der Waals surface area contributed by atoms with Crippen molar-refractivity contribution >= 4 is 0 Å². The van der Waals surface area contributed by atoms with Crippen LogP contribution in [-0.2, 0) is 6.42 Å². The summed E-state index contributed by atoms with van der Waals surface area (Å²) >= 11 is 0. The van der Waals surface area contributed by atoms with Gasteiger partial charge in [-0.05, 0) is 38.4 Å². The minimum absolute atomic E-state index is 0.454. The van der Waals surface area contributed by atoms with Crippen molar-refractivity contribution in [3.8, 4) is 0 Å². The highest BCUT2D eigenvalue weighted by Crippen LogP contribution is 2.28. The Hall–Kier alpha value is -0.930. The molecule has 0 spiro atoms. The van der Waals surface area contributed by atoms with E-state index in [1.807, 2.05) is 18.3 Å². The zero-order valence-electron chi connectivity index (χ0n) is 10.1. The van der Waals surface area contributed by atoms with E-state index in [1.54, 1.807) is 6.20 Å². The number of aliphatic hydroxyl groups is 1. The van der Waals surface area contributed by atoms with E-state index in [9.17, 15) is 5.11 Å². The van der Waals surface area contributed by atoms with Crippen LogP contribution in [0.25, 0.3) is 0 Å². The molecule has 1 aliphatic rings. The first kappa shape index (κ1) is 11.6. The summed E-state index contributed by atoms with van der Waals surface area (Å²) < 4.78 is 0. The minimum Gasteiger partial charge on any atom is -0.389 e. The van der Waals surface area contributed by atoms with E-state index >= 15 is 0 Å². The van der Waals surface area contributed by atoms with Crippen molar-refractivity contribution in [2.75, 3.05) is 13.6 Å². The fourth-order valence-corrected chi connectivity index (χ4v) is 2.46. The van der Waals surface area contributed by atoms with Crippen LogP contribution in [-0.4, -0.2) is 40.2 Å². The number of likely N-dealkylation sites (tertiary alicyclic amines) is 1. The van der Waals surface area contributed by atoms with Crippen molar-refractivity contribution in [1.29, 1.82) is 0 Å². The molecule has 3 heteroatoms. The average Bonchev–Trinajstić information content (AvgIpc) is 2.25. The van der Waals surface area contributed by atoms with Gasteiger partial charge >= 0.3 is 0 Å². The van der Waals surface area contributed by atoms with Gasteiger partial charge in [-0.15, -0.1) is 0 Å². The van der Waals surface area contributed by atoms with E-state index in [4.69, 9.17) is 0 Å². The van der Waals surface area contributed by atoms with Crippen molar-refractivity contribution in [1.82, 2.24) is 9.88 Å². The van der Waals surface area contributed by atoms with Crippen LogP contribution in [0.1, 0.15) is 25.3 Å². The summed E-state index contributed by atoms with van der Waals surface area (Å²) in [6.45, 7) is 3.14. The van der Waals surface area contributed by atoms with Gasteiger partial charge in [-0.1, -0.05) is 6.07 Å². The van der Waals surface area contributed by atoms with E-state index in [0.717, 1.165) is 31.4 Å². The van der Waals surface area contributed by atoms with Gasteiger partial charge in [0.15, 0.2) is 0 Å². The van der Waals surface area contributed by atoms with Crippen molar-refractivity contribution in [3.05, 3.63) is 30.1 Å². The zero-order valence-corrected chi connectivity index (χ0v) is 10.1. The molecule has 1 saturated heterocycles. The van der Waals surface area contributed by atoms with Gasteiger partial charge < -0.3 is 10.0 Å². The van der Waals surface area contributed by atoms with Crippen LogP contribution in [0.5, 0.6) is 0 Å². The van der Waals surface area contributed by atoms with Crippen molar-refractivity contribution in [2.24, 2.45) is 0 Å². The molecule has 2 atom stereocenters. The second-order valence-corrected chi connectivity index (χ2v) is 5.05. The smallest absolute Gasteiger partial charge is 0.0715 e. The highest BCUT2D eigenvalue weighted by molar-refractivity contribution is 5.12. The number of aromatic nitrogens is 1. The maximum absolute atomic E-state index is 10.6. The van der Waals surface area contributed by atoms with Crippen LogP contribution in [0.2, 0.25) is 0 Å². The summed E-state index contributed by atoms with van der Waals surface area (Å²) in [6.07, 6.45) is 6.03. The average molecular weight is 220 g/mol. The molecule has 0 amide bonds. The molecule has 16 heavy (non-hydrogen) atoms. The third kappa shape index (κ3) is 2.60. The van der Waals surface area contributed by atoms with E-state index in [1.165, 1.54) is 0 Å². The van der Waals surface area contributed by atoms with E-state index in [0.29, 0.717) is 6.04 Å². The predicted octanol–water partition coefficient (Wildman–Crippen LogP) is 1.47. The third-order valence-corrected chi connectivity index (χ3v) is 3.61. The van der Waals surface area contributed by atoms with Crippen LogP contribution < -0.4 is 0 Å².